The molecule has 9 heteroatoms. The highest BCUT2D eigenvalue weighted by Crippen LogP contribution is 2.66. The zero-order chi connectivity index (χ0) is 31.0. The maximum absolute atomic E-state index is 14.0. The van der Waals surface area contributed by atoms with Crippen molar-refractivity contribution in [1.82, 2.24) is 9.80 Å². The van der Waals surface area contributed by atoms with Gasteiger partial charge in [0.05, 0.1) is 29.7 Å². The number of halogens is 3. The number of amides is 1. The molecule has 2 aromatic rings. The van der Waals surface area contributed by atoms with Gasteiger partial charge in [0.15, 0.2) is 11.5 Å². The molecular formula is C35H41F3N2O4. The fourth-order valence-corrected chi connectivity index (χ4v) is 8.75. The maximum atomic E-state index is 14.0. The van der Waals surface area contributed by atoms with E-state index in [1.54, 1.807) is 13.2 Å². The second kappa shape index (κ2) is 10.5. The van der Waals surface area contributed by atoms with Gasteiger partial charge in [-0.25, -0.2) is 0 Å². The number of ether oxygens (including phenoxy) is 2. The molecule has 6 nitrogen and oxygen atoms in total. The molecule has 0 radical (unpaired) electrons. The Bertz CT molecular complexity index is 1470. The molecule has 7 rings (SSSR count). The predicted octanol–water partition coefficient (Wildman–Crippen LogP) is 5.84. The minimum Gasteiger partial charge on any atom is -0.493 e. The van der Waals surface area contributed by atoms with Gasteiger partial charge in [0.1, 0.15) is 6.10 Å². The number of benzene rings is 2. The van der Waals surface area contributed by atoms with Gasteiger partial charge >= 0.3 is 6.18 Å². The van der Waals surface area contributed by atoms with Crippen LogP contribution in [0, 0.1) is 11.8 Å². The quantitative estimate of drug-likeness (QED) is 0.381. The molecule has 2 saturated carbocycles. The van der Waals surface area contributed by atoms with Gasteiger partial charge in [-0.1, -0.05) is 32.0 Å². The Kier molecular flexibility index (Phi) is 7.09. The summed E-state index contributed by atoms with van der Waals surface area (Å²) in [6, 6.07) is 8.60. The Hall–Kier alpha value is -3.04. The summed E-state index contributed by atoms with van der Waals surface area (Å²) in [6.07, 6.45) is 3.34. The van der Waals surface area contributed by atoms with Crippen LogP contribution in [-0.2, 0) is 22.8 Å². The lowest BCUT2D eigenvalue weighted by Gasteiger charge is -2.65. The molecule has 0 aromatic heterocycles. The molecule has 236 valence electrons. The number of rotatable bonds is 8. The first-order valence-corrected chi connectivity index (χ1v) is 16.0. The van der Waals surface area contributed by atoms with E-state index in [1.165, 1.54) is 36.6 Å². The molecule has 3 fully saturated rings. The molecule has 5 aliphatic rings. The Balaban J connectivity index is 1.25. The van der Waals surface area contributed by atoms with Crippen molar-refractivity contribution in [2.24, 2.45) is 11.8 Å². The number of aliphatic hydroxyl groups is 1. The van der Waals surface area contributed by atoms with Gasteiger partial charge in [0.25, 0.3) is 0 Å². The Morgan fingerprint density at radius 3 is 2.57 bits per heavy atom. The third kappa shape index (κ3) is 4.56. The highest BCUT2D eigenvalue weighted by molar-refractivity contribution is 5.92. The van der Waals surface area contributed by atoms with E-state index in [9.17, 15) is 23.1 Å². The van der Waals surface area contributed by atoms with Crippen molar-refractivity contribution in [2.45, 2.75) is 87.8 Å². The minimum absolute atomic E-state index is 0.00967. The van der Waals surface area contributed by atoms with Crippen LogP contribution < -0.4 is 9.47 Å². The van der Waals surface area contributed by atoms with E-state index in [2.05, 4.69) is 24.8 Å². The molecule has 3 aliphatic carbocycles. The van der Waals surface area contributed by atoms with Crippen LogP contribution in [-0.4, -0.2) is 71.3 Å². The number of carbonyl (C=O) groups excluding carboxylic acids is 1. The summed E-state index contributed by atoms with van der Waals surface area (Å²) in [4.78, 5) is 18.4. The summed E-state index contributed by atoms with van der Waals surface area (Å²) >= 11 is 0. The number of hydrogen-bond donors (Lipinski definition) is 1. The second-order valence-electron chi connectivity index (χ2n) is 13.9. The number of nitrogens with zero attached hydrogens (tertiary/aromatic N) is 2. The molecule has 1 spiro atoms. The lowest BCUT2D eigenvalue weighted by atomic mass is 9.48. The van der Waals surface area contributed by atoms with Gasteiger partial charge in [-0.3, -0.25) is 9.69 Å². The van der Waals surface area contributed by atoms with Crippen LogP contribution in [0.4, 0.5) is 13.2 Å². The third-order valence-electron chi connectivity index (χ3n) is 10.8. The lowest BCUT2D eigenvalue weighted by molar-refractivity contribution is -0.201. The predicted molar refractivity (Wildman–Crippen MR) is 160 cm³/mol. The van der Waals surface area contributed by atoms with Crippen molar-refractivity contribution in [1.29, 1.82) is 0 Å². The van der Waals surface area contributed by atoms with E-state index in [4.69, 9.17) is 9.47 Å². The summed E-state index contributed by atoms with van der Waals surface area (Å²) in [5, 5.41) is 12.9. The van der Waals surface area contributed by atoms with Crippen LogP contribution in [0.5, 0.6) is 11.5 Å². The van der Waals surface area contributed by atoms with E-state index in [0.29, 0.717) is 42.4 Å². The van der Waals surface area contributed by atoms with E-state index < -0.39 is 28.9 Å². The van der Waals surface area contributed by atoms with Gasteiger partial charge in [0.2, 0.25) is 5.91 Å². The van der Waals surface area contributed by atoms with Crippen LogP contribution in [0.1, 0.15) is 68.2 Å². The largest absolute Gasteiger partial charge is 0.493 e. The maximum Gasteiger partial charge on any atom is 0.416 e. The summed E-state index contributed by atoms with van der Waals surface area (Å²) in [5.74, 6) is 2.02. The molecule has 2 aliphatic heterocycles. The highest BCUT2D eigenvalue weighted by atomic mass is 19.4. The first kappa shape index (κ1) is 29.7. The van der Waals surface area contributed by atoms with Crippen molar-refractivity contribution >= 4 is 12.0 Å². The summed E-state index contributed by atoms with van der Waals surface area (Å²) in [7, 11) is 1.63. The average molecular weight is 611 g/mol. The molecule has 44 heavy (non-hydrogen) atoms. The molecule has 2 unspecified atom stereocenters. The normalized spacial score (nSPS) is 30.8. The van der Waals surface area contributed by atoms with E-state index in [1.807, 2.05) is 11.0 Å². The molecule has 5 atom stereocenters. The van der Waals surface area contributed by atoms with Gasteiger partial charge in [-0.15, -0.1) is 0 Å². The molecular weight excluding hydrogens is 569 g/mol. The van der Waals surface area contributed by atoms with Crippen molar-refractivity contribution in [2.75, 3.05) is 26.7 Å². The number of likely N-dealkylation sites (tertiary alicyclic amines) is 1. The summed E-state index contributed by atoms with van der Waals surface area (Å²) in [6.45, 7) is 6.51. The zero-order valence-corrected chi connectivity index (χ0v) is 25.6. The monoisotopic (exact) mass is 610 g/mol. The topological polar surface area (TPSA) is 62.2 Å². The SMILES string of the molecule is COc1ccc2c3c1OC1C(N(CC(C)C)C(=O)C=Cc4ccc(C(F)(F)F)cc4)CC[C@@]4(O)[C@@H](C2)N(CC2CC2)CC[C@]314. The Labute approximate surface area is 256 Å². The molecule has 1 amide bonds. The van der Waals surface area contributed by atoms with Crippen LogP contribution in [0.15, 0.2) is 42.5 Å². The number of alkyl halides is 3. The minimum atomic E-state index is -4.41. The first-order chi connectivity index (χ1) is 21.0. The van der Waals surface area contributed by atoms with E-state index >= 15 is 0 Å². The summed E-state index contributed by atoms with van der Waals surface area (Å²) < 4.78 is 51.8. The number of carbonyl (C=O) groups is 1. The van der Waals surface area contributed by atoms with Crippen molar-refractivity contribution < 1.29 is 32.5 Å². The van der Waals surface area contributed by atoms with Gasteiger partial charge in [-0.05, 0) is 92.3 Å². The first-order valence-electron chi connectivity index (χ1n) is 16.0. The number of methoxy groups -OCH3 is 1. The smallest absolute Gasteiger partial charge is 0.416 e. The fraction of sp³-hybridized carbons (Fsp3) is 0.571. The van der Waals surface area contributed by atoms with Gasteiger partial charge in [-0.2, -0.15) is 13.2 Å². The van der Waals surface area contributed by atoms with Crippen LogP contribution in [0.2, 0.25) is 0 Å². The van der Waals surface area contributed by atoms with Crippen molar-refractivity contribution in [3.63, 3.8) is 0 Å². The molecule has 2 bridgehead atoms. The van der Waals surface area contributed by atoms with Crippen LogP contribution >= 0.6 is 0 Å². The van der Waals surface area contributed by atoms with Gasteiger partial charge in [0, 0.05) is 30.8 Å². The Morgan fingerprint density at radius 1 is 1.16 bits per heavy atom. The summed E-state index contributed by atoms with van der Waals surface area (Å²) in [5.41, 5.74) is 0.401. The molecule has 1 saturated heterocycles. The van der Waals surface area contributed by atoms with Gasteiger partial charge < -0.3 is 19.5 Å². The van der Waals surface area contributed by atoms with E-state index in [0.717, 1.165) is 43.6 Å². The standard InChI is InChI=1S/C35H41F3N2O4/c1-21(2)19-40(29(41)13-8-22-6-10-25(11-7-22)35(36,37)38)26-14-15-34(42)28-18-24-9-12-27(43-3)31-30(24)33(34,32(26)44-31)16-17-39(28)20-23-4-5-23/h6-13,21,23,26,28,32,42H,4-5,14-20H2,1-3H3/t26?,28-,32?,33+,34-/m1/s1. The highest BCUT2D eigenvalue weighted by Gasteiger charge is 2.73. The average Bonchev–Trinajstić information content (AvgIpc) is 3.73. The molecule has 2 aromatic carbocycles. The second-order valence-corrected chi connectivity index (χ2v) is 13.9. The molecule has 2 heterocycles. The Morgan fingerprint density at radius 2 is 1.91 bits per heavy atom. The molecule has 1 N–H and O–H groups in total. The van der Waals surface area contributed by atoms with Crippen LogP contribution in [0.25, 0.3) is 6.08 Å². The number of piperidine rings is 1. The van der Waals surface area contributed by atoms with E-state index in [-0.39, 0.29) is 23.9 Å². The zero-order valence-electron chi connectivity index (χ0n) is 25.6. The van der Waals surface area contributed by atoms with Crippen molar-refractivity contribution in [3.05, 3.63) is 64.7 Å². The lowest BCUT2D eigenvalue weighted by Crippen LogP contribution is -2.78. The van der Waals surface area contributed by atoms with Crippen LogP contribution in [0.3, 0.4) is 0 Å². The third-order valence-corrected chi connectivity index (χ3v) is 10.8. The van der Waals surface area contributed by atoms with Crippen molar-refractivity contribution in [3.8, 4) is 11.5 Å². The fourth-order valence-electron chi connectivity index (χ4n) is 8.75. The number of hydrogen-bond acceptors (Lipinski definition) is 5.